The van der Waals surface area contributed by atoms with Crippen LogP contribution in [0.15, 0.2) is 30.3 Å². The summed E-state index contributed by atoms with van der Waals surface area (Å²) in [4.78, 5) is 15.1. The van der Waals surface area contributed by atoms with E-state index in [-0.39, 0.29) is 11.3 Å². The molecular weight excluding hydrogens is 272 g/mol. The largest absolute Gasteiger partial charge is 0.352 e. The Labute approximate surface area is 134 Å². The molecule has 1 N–H and O–H groups in total. The average Bonchev–Trinajstić information content (AvgIpc) is 2.91. The summed E-state index contributed by atoms with van der Waals surface area (Å²) < 4.78 is 0. The highest BCUT2D eigenvalue weighted by Gasteiger charge is 2.36. The first-order chi connectivity index (χ1) is 10.6. The molecule has 2 saturated heterocycles. The highest BCUT2D eigenvalue weighted by molar-refractivity contribution is 5.78. The first-order valence-electron chi connectivity index (χ1n) is 8.65. The standard InChI is InChI=1S/C19H28N2O/c1-19(2,15-8-4-3-5-9-15)14-18(22)20-16-11-13-21-12-7-6-10-17(16)21/h3-5,8-9,16-17H,6-7,10-14H2,1-2H3,(H,20,22)/t16-,17+/m0/s1. The van der Waals surface area contributed by atoms with Crippen LogP contribution in [0.4, 0.5) is 0 Å². The first kappa shape index (κ1) is 15.5. The summed E-state index contributed by atoms with van der Waals surface area (Å²) in [6, 6.07) is 11.3. The van der Waals surface area contributed by atoms with E-state index in [1.54, 1.807) is 0 Å². The van der Waals surface area contributed by atoms with Gasteiger partial charge in [-0.15, -0.1) is 0 Å². The third-order valence-electron chi connectivity index (χ3n) is 5.36. The zero-order valence-electron chi connectivity index (χ0n) is 13.8. The fourth-order valence-electron chi connectivity index (χ4n) is 4.07. The number of carbonyl (C=O) groups excluding carboxylic acids is 1. The molecule has 1 aromatic carbocycles. The molecule has 2 aliphatic heterocycles. The number of hydrogen-bond donors (Lipinski definition) is 1. The zero-order valence-corrected chi connectivity index (χ0v) is 13.8. The van der Waals surface area contributed by atoms with Crippen molar-refractivity contribution in [2.75, 3.05) is 13.1 Å². The lowest BCUT2D eigenvalue weighted by Crippen LogP contribution is -2.47. The van der Waals surface area contributed by atoms with Crippen LogP contribution in [-0.4, -0.2) is 36.0 Å². The van der Waals surface area contributed by atoms with Gasteiger partial charge in [0.15, 0.2) is 0 Å². The van der Waals surface area contributed by atoms with Gasteiger partial charge in [0.05, 0.1) is 0 Å². The highest BCUT2D eigenvalue weighted by atomic mass is 16.1. The van der Waals surface area contributed by atoms with Crippen molar-refractivity contribution < 1.29 is 4.79 Å². The maximum atomic E-state index is 12.5. The van der Waals surface area contributed by atoms with Crippen molar-refractivity contribution >= 4 is 5.91 Å². The number of fused-ring (bicyclic) bond motifs is 1. The summed E-state index contributed by atoms with van der Waals surface area (Å²) in [5, 5.41) is 3.32. The Morgan fingerprint density at radius 2 is 1.95 bits per heavy atom. The van der Waals surface area contributed by atoms with Crippen LogP contribution in [0.3, 0.4) is 0 Å². The number of rotatable bonds is 4. The molecule has 2 heterocycles. The second-order valence-electron chi connectivity index (χ2n) is 7.49. The molecule has 3 rings (SSSR count). The maximum absolute atomic E-state index is 12.5. The SMILES string of the molecule is CC(C)(CC(=O)N[C@H]1CCN2CCCC[C@H]12)c1ccccc1. The summed E-state index contributed by atoms with van der Waals surface area (Å²) in [5.41, 5.74) is 1.12. The molecule has 22 heavy (non-hydrogen) atoms. The van der Waals surface area contributed by atoms with Crippen LogP contribution in [-0.2, 0) is 10.2 Å². The molecule has 2 aliphatic rings. The van der Waals surface area contributed by atoms with Crippen molar-refractivity contribution in [1.82, 2.24) is 10.2 Å². The lowest BCUT2D eigenvalue weighted by Gasteiger charge is -2.33. The van der Waals surface area contributed by atoms with Gasteiger partial charge in [-0.3, -0.25) is 9.69 Å². The smallest absolute Gasteiger partial charge is 0.221 e. The predicted octanol–water partition coefficient (Wildman–Crippen LogP) is 3.10. The lowest BCUT2D eigenvalue weighted by atomic mass is 9.81. The molecule has 0 bridgehead atoms. The van der Waals surface area contributed by atoms with Gasteiger partial charge in [0.1, 0.15) is 0 Å². The van der Waals surface area contributed by atoms with Crippen LogP contribution in [0.5, 0.6) is 0 Å². The molecule has 0 saturated carbocycles. The van der Waals surface area contributed by atoms with Gasteiger partial charge < -0.3 is 5.32 Å². The van der Waals surface area contributed by atoms with E-state index in [0.717, 1.165) is 13.0 Å². The molecule has 0 unspecified atom stereocenters. The first-order valence-corrected chi connectivity index (χ1v) is 8.65. The molecule has 120 valence electrons. The van der Waals surface area contributed by atoms with Crippen LogP contribution in [0.2, 0.25) is 0 Å². The van der Waals surface area contributed by atoms with E-state index in [1.807, 2.05) is 18.2 Å². The molecular formula is C19H28N2O. The fourth-order valence-corrected chi connectivity index (χ4v) is 4.07. The van der Waals surface area contributed by atoms with Crippen molar-refractivity contribution in [3.8, 4) is 0 Å². The van der Waals surface area contributed by atoms with E-state index in [0.29, 0.717) is 18.5 Å². The number of nitrogens with one attached hydrogen (secondary N) is 1. The third kappa shape index (κ3) is 3.35. The van der Waals surface area contributed by atoms with Crippen molar-refractivity contribution in [2.45, 2.75) is 63.5 Å². The Morgan fingerprint density at radius 3 is 2.73 bits per heavy atom. The van der Waals surface area contributed by atoms with Gasteiger partial charge in [0.2, 0.25) is 5.91 Å². The summed E-state index contributed by atoms with van der Waals surface area (Å²) >= 11 is 0. The zero-order chi connectivity index (χ0) is 15.6. The minimum Gasteiger partial charge on any atom is -0.352 e. The minimum atomic E-state index is -0.115. The molecule has 1 amide bonds. The fraction of sp³-hybridized carbons (Fsp3) is 0.632. The maximum Gasteiger partial charge on any atom is 0.221 e. The van der Waals surface area contributed by atoms with Gasteiger partial charge in [-0.05, 0) is 36.8 Å². The van der Waals surface area contributed by atoms with Crippen molar-refractivity contribution in [3.63, 3.8) is 0 Å². The van der Waals surface area contributed by atoms with E-state index in [1.165, 1.54) is 31.4 Å². The number of carbonyl (C=O) groups is 1. The summed E-state index contributed by atoms with van der Waals surface area (Å²) in [7, 11) is 0. The van der Waals surface area contributed by atoms with Gasteiger partial charge in [0.25, 0.3) is 0 Å². The monoisotopic (exact) mass is 300 g/mol. The van der Waals surface area contributed by atoms with Crippen LogP contribution in [0, 0.1) is 0 Å². The van der Waals surface area contributed by atoms with Gasteiger partial charge >= 0.3 is 0 Å². The van der Waals surface area contributed by atoms with Crippen molar-refractivity contribution in [1.29, 1.82) is 0 Å². The normalized spacial score (nSPS) is 25.7. The van der Waals surface area contributed by atoms with E-state index in [9.17, 15) is 4.79 Å². The average molecular weight is 300 g/mol. The topological polar surface area (TPSA) is 32.3 Å². The lowest BCUT2D eigenvalue weighted by molar-refractivity contribution is -0.123. The van der Waals surface area contributed by atoms with Gasteiger partial charge in [0, 0.05) is 25.0 Å². The molecule has 3 heteroatoms. The quantitative estimate of drug-likeness (QED) is 0.926. The highest BCUT2D eigenvalue weighted by Crippen LogP contribution is 2.29. The van der Waals surface area contributed by atoms with Gasteiger partial charge in [-0.1, -0.05) is 50.6 Å². The van der Waals surface area contributed by atoms with Crippen LogP contribution in [0.25, 0.3) is 0 Å². The molecule has 2 fully saturated rings. The second kappa shape index (κ2) is 6.41. The number of nitrogens with zero attached hydrogens (tertiary/aromatic N) is 1. The Balaban J connectivity index is 1.58. The second-order valence-corrected chi connectivity index (χ2v) is 7.49. The van der Waals surface area contributed by atoms with Gasteiger partial charge in [-0.2, -0.15) is 0 Å². The Bertz CT molecular complexity index is 511. The van der Waals surface area contributed by atoms with Crippen LogP contribution >= 0.6 is 0 Å². The molecule has 3 nitrogen and oxygen atoms in total. The molecule has 0 aromatic heterocycles. The van der Waals surface area contributed by atoms with Crippen LogP contribution < -0.4 is 5.32 Å². The minimum absolute atomic E-state index is 0.115. The number of hydrogen-bond acceptors (Lipinski definition) is 2. The number of benzene rings is 1. The van der Waals surface area contributed by atoms with Gasteiger partial charge in [-0.25, -0.2) is 0 Å². The van der Waals surface area contributed by atoms with E-state index >= 15 is 0 Å². The summed E-state index contributed by atoms with van der Waals surface area (Å²) in [5.74, 6) is 0.200. The third-order valence-corrected chi connectivity index (χ3v) is 5.36. The molecule has 0 spiro atoms. The molecule has 2 atom stereocenters. The van der Waals surface area contributed by atoms with Crippen molar-refractivity contribution in [2.24, 2.45) is 0 Å². The Kier molecular flexibility index (Phi) is 4.53. The summed E-state index contributed by atoms with van der Waals surface area (Å²) in [6.07, 6.45) is 5.54. The van der Waals surface area contributed by atoms with E-state index in [2.05, 4.69) is 36.2 Å². The van der Waals surface area contributed by atoms with E-state index < -0.39 is 0 Å². The van der Waals surface area contributed by atoms with E-state index in [4.69, 9.17) is 0 Å². The Hall–Kier alpha value is -1.35. The number of piperidine rings is 1. The van der Waals surface area contributed by atoms with Crippen molar-refractivity contribution in [3.05, 3.63) is 35.9 Å². The molecule has 0 radical (unpaired) electrons. The Morgan fingerprint density at radius 1 is 1.18 bits per heavy atom. The summed E-state index contributed by atoms with van der Waals surface area (Å²) in [6.45, 7) is 6.68. The molecule has 0 aliphatic carbocycles. The number of amides is 1. The molecule has 1 aromatic rings. The van der Waals surface area contributed by atoms with Crippen LogP contribution in [0.1, 0.15) is 51.5 Å². The predicted molar refractivity (Wildman–Crippen MR) is 89.8 cm³/mol.